The highest BCUT2D eigenvalue weighted by Gasteiger charge is 2.63. The van der Waals surface area contributed by atoms with Crippen LogP contribution in [0.4, 0.5) is 0 Å². The van der Waals surface area contributed by atoms with Crippen LogP contribution in [0.1, 0.15) is 49.3 Å². The highest BCUT2D eigenvalue weighted by Crippen LogP contribution is 2.59. The lowest BCUT2D eigenvalue weighted by Crippen LogP contribution is -2.58. The molecule has 2 aromatic rings. The minimum atomic E-state index is -1.24. The van der Waals surface area contributed by atoms with Crippen LogP contribution < -0.4 is 0 Å². The van der Waals surface area contributed by atoms with Crippen molar-refractivity contribution in [2.24, 2.45) is 11.3 Å². The summed E-state index contributed by atoms with van der Waals surface area (Å²) in [6.07, 6.45) is 5.48. The maximum atomic E-state index is 12.9. The quantitative estimate of drug-likeness (QED) is 0.589. The third kappa shape index (κ3) is 2.23. The van der Waals surface area contributed by atoms with Crippen LogP contribution in [0.2, 0.25) is 0 Å². The van der Waals surface area contributed by atoms with Crippen LogP contribution in [0.5, 0.6) is 0 Å². The summed E-state index contributed by atoms with van der Waals surface area (Å²) >= 11 is 0. The minimum Gasteiger partial charge on any atom is -0.468 e. The zero-order chi connectivity index (χ0) is 19.4. The largest absolute Gasteiger partial charge is 0.468 e. The first-order valence-corrected chi connectivity index (χ1v) is 9.57. The summed E-state index contributed by atoms with van der Waals surface area (Å²) in [7, 11) is 2.71. The van der Waals surface area contributed by atoms with Gasteiger partial charge in [-0.15, -0.1) is 0 Å². The van der Waals surface area contributed by atoms with E-state index in [9.17, 15) is 9.59 Å². The second-order valence-corrected chi connectivity index (χ2v) is 8.18. The van der Waals surface area contributed by atoms with Crippen molar-refractivity contribution in [2.75, 3.05) is 14.2 Å². The average Bonchev–Trinajstić information content (AvgIpc) is 3.15. The molecule has 0 aliphatic heterocycles. The van der Waals surface area contributed by atoms with E-state index in [0.717, 1.165) is 36.7 Å². The Morgan fingerprint density at radius 2 is 1.89 bits per heavy atom. The van der Waals surface area contributed by atoms with E-state index in [-0.39, 0.29) is 11.3 Å². The van der Waals surface area contributed by atoms with E-state index in [1.54, 1.807) is 6.26 Å². The van der Waals surface area contributed by atoms with E-state index in [1.807, 2.05) is 6.07 Å². The number of aryl methyl sites for hydroxylation is 1. The fraction of sp³-hybridized carbons (Fsp3) is 0.545. The van der Waals surface area contributed by atoms with Crippen LogP contribution in [0.15, 0.2) is 22.8 Å². The van der Waals surface area contributed by atoms with Gasteiger partial charge in [0.2, 0.25) is 0 Å². The second kappa shape index (κ2) is 6.11. The molecule has 1 fully saturated rings. The van der Waals surface area contributed by atoms with Crippen molar-refractivity contribution in [2.45, 2.75) is 51.4 Å². The van der Waals surface area contributed by atoms with Gasteiger partial charge in [-0.2, -0.15) is 0 Å². The summed E-state index contributed by atoms with van der Waals surface area (Å²) in [4.78, 5) is 25.8. The molecule has 1 aromatic heterocycles. The van der Waals surface area contributed by atoms with E-state index in [0.29, 0.717) is 6.42 Å². The fourth-order valence-corrected chi connectivity index (χ4v) is 5.90. The Morgan fingerprint density at radius 1 is 1.19 bits per heavy atom. The van der Waals surface area contributed by atoms with Gasteiger partial charge in [0.25, 0.3) is 0 Å². The number of carbonyl (C=O) groups excluding carboxylic acids is 2. The first-order valence-electron chi connectivity index (χ1n) is 9.57. The predicted molar refractivity (Wildman–Crippen MR) is 100 cm³/mol. The second-order valence-electron chi connectivity index (χ2n) is 8.18. The maximum Gasteiger partial charge on any atom is 0.323 e. The zero-order valence-electron chi connectivity index (χ0n) is 16.4. The van der Waals surface area contributed by atoms with Crippen molar-refractivity contribution in [1.82, 2.24) is 0 Å². The van der Waals surface area contributed by atoms with E-state index < -0.39 is 17.4 Å². The van der Waals surface area contributed by atoms with Gasteiger partial charge in [0.1, 0.15) is 5.58 Å². The molecule has 0 saturated heterocycles. The molecule has 5 nitrogen and oxygen atoms in total. The number of methoxy groups -OCH3 is 2. The normalized spacial score (nSPS) is 26.1. The molecule has 1 aromatic carbocycles. The molecule has 0 N–H and O–H groups in total. The molecular weight excluding hydrogens is 344 g/mol. The first kappa shape index (κ1) is 18.1. The van der Waals surface area contributed by atoms with Gasteiger partial charge < -0.3 is 13.9 Å². The molecule has 27 heavy (non-hydrogen) atoms. The van der Waals surface area contributed by atoms with Gasteiger partial charge in [-0.1, -0.05) is 13.3 Å². The minimum absolute atomic E-state index is 0.155. The summed E-state index contributed by atoms with van der Waals surface area (Å²) in [6.45, 7) is 4.32. The lowest BCUT2D eigenvalue weighted by Gasteiger charge is -2.53. The molecule has 1 saturated carbocycles. The number of fused-ring (bicyclic) bond motifs is 4. The molecule has 0 amide bonds. The zero-order valence-corrected chi connectivity index (χ0v) is 16.4. The Kier molecular flexibility index (Phi) is 4.09. The van der Waals surface area contributed by atoms with Gasteiger partial charge in [0.15, 0.2) is 5.41 Å². The highest BCUT2D eigenvalue weighted by molar-refractivity contribution is 6.01. The summed E-state index contributed by atoms with van der Waals surface area (Å²) in [5.41, 5.74) is 3.09. The Morgan fingerprint density at radius 3 is 2.56 bits per heavy atom. The Labute approximate surface area is 159 Å². The van der Waals surface area contributed by atoms with Crippen LogP contribution in [-0.4, -0.2) is 26.2 Å². The number of carbonyl (C=O) groups is 2. The van der Waals surface area contributed by atoms with Crippen LogP contribution in [0.3, 0.4) is 0 Å². The number of hydrogen-bond donors (Lipinski definition) is 0. The van der Waals surface area contributed by atoms with Gasteiger partial charge in [0, 0.05) is 5.39 Å². The molecule has 4 rings (SSSR count). The number of furan rings is 1. The van der Waals surface area contributed by atoms with Gasteiger partial charge in [0.05, 0.1) is 20.5 Å². The van der Waals surface area contributed by atoms with Crippen molar-refractivity contribution >= 4 is 22.9 Å². The molecular formula is C22H26O5. The van der Waals surface area contributed by atoms with E-state index in [2.05, 4.69) is 19.9 Å². The van der Waals surface area contributed by atoms with E-state index in [4.69, 9.17) is 13.9 Å². The van der Waals surface area contributed by atoms with Crippen molar-refractivity contribution in [3.05, 3.63) is 35.1 Å². The summed E-state index contributed by atoms with van der Waals surface area (Å²) < 4.78 is 15.9. The van der Waals surface area contributed by atoms with Crippen LogP contribution >= 0.6 is 0 Å². The van der Waals surface area contributed by atoms with Gasteiger partial charge in [-0.05, 0) is 72.8 Å². The van der Waals surface area contributed by atoms with Gasteiger partial charge in [-0.3, -0.25) is 9.59 Å². The van der Waals surface area contributed by atoms with Crippen LogP contribution in [0, 0.1) is 18.3 Å². The lowest BCUT2D eigenvalue weighted by atomic mass is 9.49. The molecule has 0 spiro atoms. The molecule has 0 unspecified atom stereocenters. The van der Waals surface area contributed by atoms with Crippen molar-refractivity contribution in [3.8, 4) is 0 Å². The predicted octanol–water partition coefficient (Wildman–Crippen LogP) is 4.08. The van der Waals surface area contributed by atoms with Crippen LogP contribution in [0.25, 0.3) is 11.0 Å². The first-order chi connectivity index (χ1) is 12.9. The van der Waals surface area contributed by atoms with Crippen molar-refractivity contribution < 1.29 is 23.5 Å². The summed E-state index contributed by atoms with van der Waals surface area (Å²) in [5.74, 6) is -1.09. The number of esters is 2. The number of hydrogen-bond acceptors (Lipinski definition) is 5. The molecule has 144 valence electrons. The third-order valence-electron chi connectivity index (χ3n) is 7.18. The topological polar surface area (TPSA) is 65.7 Å². The number of rotatable bonds is 2. The van der Waals surface area contributed by atoms with E-state index >= 15 is 0 Å². The Balaban J connectivity index is 1.94. The molecule has 2 aliphatic carbocycles. The van der Waals surface area contributed by atoms with E-state index in [1.165, 1.54) is 30.9 Å². The Bertz CT molecular complexity index is 908. The molecule has 2 aliphatic rings. The number of benzene rings is 1. The monoisotopic (exact) mass is 370 g/mol. The Hall–Kier alpha value is -2.30. The molecule has 5 heteroatoms. The summed E-state index contributed by atoms with van der Waals surface area (Å²) in [5, 5.41) is 1.14. The molecule has 1 heterocycles. The standard InChI is InChI=1S/C22H26O5/c1-13-14-6-7-18-21(2,16(14)12-17-15(13)8-11-27-17)9-5-10-22(18,19(23)25-3)20(24)26-4/h8,11-12,18H,5-7,9-10H2,1-4H3/t18-,21-/m1/s1. The fourth-order valence-electron chi connectivity index (χ4n) is 5.90. The SMILES string of the molecule is COC(=O)C1(C(=O)OC)CCC[C@]2(C)c3cc4occc4c(C)c3CC[C@@H]12. The smallest absolute Gasteiger partial charge is 0.323 e. The molecule has 0 bridgehead atoms. The van der Waals surface area contributed by atoms with Crippen molar-refractivity contribution in [1.29, 1.82) is 0 Å². The molecule has 2 atom stereocenters. The van der Waals surface area contributed by atoms with Gasteiger partial charge in [-0.25, -0.2) is 0 Å². The maximum absolute atomic E-state index is 12.9. The lowest BCUT2D eigenvalue weighted by molar-refractivity contribution is -0.181. The average molecular weight is 370 g/mol. The summed E-state index contributed by atoms with van der Waals surface area (Å²) in [6, 6.07) is 4.13. The van der Waals surface area contributed by atoms with Gasteiger partial charge >= 0.3 is 11.9 Å². The van der Waals surface area contributed by atoms with Crippen LogP contribution in [-0.2, 0) is 30.9 Å². The highest BCUT2D eigenvalue weighted by atomic mass is 16.5. The molecule has 0 radical (unpaired) electrons. The number of ether oxygens (including phenoxy) is 2. The third-order valence-corrected chi connectivity index (χ3v) is 7.18. The van der Waals surface area contributed by atoms with Crippen molar-refractivity contribution in [3.63, 3.8) is 0 Å².